The van der Waals surface area contributed by atoms with E-state index in [1.165, 1.54) is 4.90 Å². The van der Waals surface area contributed by atoms with Crippen LogP contribution < -0.4 is 5.73 Å². The number of carbonyl (C=O) groups is 1. The molecule has 1 aromatic carbocycles. The Labute approximate surface area is 96.7 Å². The standard InChI is InChI=1S/C11H11F2N3O/c1-2-16-9(10(14)15-11(16)17)6-3-7(12)5-8(13)4-6/h3-5,9H,2H2,1H3,(H2,14,15,17). The maximum Gasteiger partial charge on any atom is 0.346 e. The summed E-state index contributed by atoms with van der Waals surface area (Å²) < 4.78 is 26.2. The van der Waals surface area contributed by atoms with E-state index in [1.807, 2.05) is 0 Å². The largest absolute Gasteiger partial charge is 0.385 e. The summed E-state index contributed by atoms with van der Waals surface area (Å²) in [6.07, 6.45) is 0. The van der Waals surface area contributed by atoms with Crippen LogP contribution in [0.25, 0.3) is 0 Å². The average Bonchev–Trinajstić information content (AvgIpc) is 2.51. The lowest BCUT2D eigenvalue weighted by molar-refractivity contribution is 0.209. The highest BCUT2D eigenvalue weighted by Gasteiger charge is 2.33. The Kier molecular flexibility index (Phi) is 2.79. The summed E-state index contributed by atoms with van der Waals surface area (Å²) in [6.45, 7) is 2.11. The van der Waals surface area contributed by atoms with E-state index < -0.39 is 23.7 Å². The Bertz CT molecular complexity index is 481. The predicted molar refractivity (Wildman–Crippen MR) is 58.5 cm³/mol. The third kappa shape index (κ3) is 1.98. The number of amidine groups is 1. The summed E-state index contributed by atoms with van der Waals surface area (Å²) in [7, 11) is 0. The molecule has 6 heteroatoms. The molecule has 0 aromatic heterocycles. The van der Waals surface area contributed by atoms with Gasteiger partial charge in [0.05, 0.1) is 0 Å². The highest BCUT2D eigenvalue weighted by atomic mass is 19.1. The Morgan fingerprint density at radius 1 is 1.35 bits per heavy atom. The number of rotatable bonds is 2. The molecule has 2 rings (SSSR count). The van der Waals surface area contributed by atoms with Crippen LogP contribution in [0.3, 0.4) is 0 Å². The minimum absolute atomic E-state index is 0.0573. The molecule has 1 aromatic rings. The van der Waals surface area contributed by atoms with Crippen molar-refractivity contribution in [3.63, 3.8) is 0 Å². The molecule has 1 unspecified atom stereocenters. The van der Waals surface area contributed by atoms with Crippen LogP contribution in [0.5, 0.6) is 0 Å². The van der Waals surface area contributed by atoms with Crippen molar-refractivity contribution in [1.82, 2.24) is 4.90 Å². The van der Waals surface area contributed by atoms with Crippen LogP contribution in [0.1, 0.15) is 18.5 Å². The van der Waals surface area contributed by atoms with Gasteiger partial charge >= 0.3 is 6.03 Å². The van der Waals surface area contributed by atoms with Gasteiger partial charge in [-0.25, -0.2) is 13.6 Å². The highest BCUT2D eigenvalue weighted by molar-refractivity contribution is 6.03. The van der Waals surface area contributed by atoms with E-state index in [9.17, 15) is 13.6 Å². The van der Waals surface area contributed by atoms with Gasteiger partial charge in [-0.1, -0.05) is 0 Å². The second kappa shape index (κ2) is 4.12. The van der Waals surface area contributed by atoms with E-state index in [1.54, 1.807) is 6.92 Å². The van der Waals surface area contributed by atoms with Crippen LogP contribution in [0.4, 0.5) is 13.6 Å². The molecular formula is C11H11F2N3O. The van der Waals surface area contributed by atoms with Gasteiger partial charge in [-0.3, -0.25) is 0 Å². The molecule has 0 radical (unpaired) electrons. The lowest BCUT2D eigenvalue weighted by atomic mass is 10.1. The van der Waals surface area contributed by atoms with E-state index in [2.05, 4.69) is 4.99 Å². The molecule has 2 amide bonds. The van der Waals surface area contributed by atoms with E-state index in [4.69, 9.17) is 5.73 Å². The predicted octanol–water partition coefficient (Wildman–Crippen LogP) is 1.82. The van der Waals surface area contributed by atoms with Gasteiger partial charge in [0.1, 0.15) is 23.5 Å². The van der Waals surface area contributed by atoms with Crippen molar-refractivity contribution >= 4 is 11.9 Å². The maximum atomic E-state index is 13.1. The van der Waals surface area contributed by atoms with Gasteiger partial charge in [-0.2, -0.15) is 4.99 Å². The molecule has 0 spiro atoms. The second-order valence-electron chi connectivity index (χ2n) is 3.71. The second-order valence-corrected chi connectivity index (χ2v) is 3.71. The van der Waals surface area contributed by atoms with Crippen LogP contribution in [-0.4, -0.2) is 23.3 Å². The molecule has 1 atom stereocenters. The van der Waals surface area contributed by atoms with E-state index in [0.717, 1.165) is 18.2 Å². The van der Waals surface area contributed by atoms with Crippen molar-refractivity contribution < 1.29 is 13.6 Å². The summed E-state index contributed by atoms with van der Waals surface area (Å²) >= 11 is 0. The molecule has 2 N–H and O–H groups in total. The van der Waals surface area contributed by atoms with Crippen molar-refractivity contribution in [1.29, 1.82) is 0 Å². The van der Waals surface area contributed by atoms with Gasteiger partial charge in [-0.05, 0) is 24.6 Å². The number of aliphatic imine (C=N–C) groups is 1. The topological polar surface area (TPSA) is 58.7 Å². The third-order valence-electron chi connectivity index (χ3n) is 2.60. The first-order valence-corrected chi connectivity index (χ1v) is 5.13. The number of nitrogens with two attached hydrogens (primary N) is 1. The quantitative estimate of drug-likeness (QED) is 0.855. The number of hydrogen-bond acceptors (Lipinski definition) is 2. The molecule has 0 fully saturated rings. The number of benzene rings is 1. The van der Waals surface area contributed by atoms with Crippen LogP contribution in [0, 0.1) is 11.6 Å². The summed E-state index contributed by atoms with van der Waals surface area (Å²) in [5, 5.41) is 0. The molecule has 0 bridgehead atoms. The molecule has 1 heterocycles. The average molecular weight is 239 g/mol. The zero-order valence-electron chi connectivity index (χ0n) is 9.15. The monoisotopic (exact) mass is 239 g/mol. The molecule has 4 nitrogen and oxygen atoms in total. The first-order chi connectivity index (χ1) is 8.02. The van der Waals surface area contributed by atoms with E-state index in [0.29, 0.717) is 6.54 Å². The number of amides is 2. The maximum absolute atomic E-state index is 13.1. The molecule has 1 aliphatic heterocycles. The molecule has 90 valence electrons. The minimum atomic E-state index is -0.705. The lowest BCUT2D eigenvalue weighted by Crippen LogP contribution is -2.33. The zero-order chi connectivity index (χ0) is 12.6. The molecule has 0 saturated carbocycles. The fraction of sp³-hybridized carbons (Fsp3) is 0.273. The molecule has 1 aliphatic rings. The summed E-state index contributed by atoms with van der Waals surface area (Å²) in [5.41, 5.74) is 5.90. The van der Waals surface area contributed by atoms with Crippen molar-refractivity contribution in [2.75, 3.05) is 6.54 Å². The van der Waals surface area contributed by atoms with Crippen LogP contribution >= 0.6 is 0 Å². The van der Waals surface area contributed by atoms with Gasteiger partial charge in [0, 0.05) is 12.6 Å². The SMILES string of the molecule is CCN1C(=O)N=C(N)C1c1cc(F)cc(F)c1. The van der Waals surface area contributed by atoms with Crippen molar-refractivity contribution in [3.8, 4) is 0 Å². The van der Waals surface area contributed by atoms with Gasteiger partial charge in [0.2, 0.25) is 0 Å². The van der Waals surface area contributed by atoms with Crippen LogP contribution in [0.2, 0.25) is 0 Å². The lowest BCUT2D eigenvalue weighted by Gasteiger charge is -2.22. The number of nitrogens with zero attached hydrogens (tertiary/aromatic N) is 2. The number of halogens is 2. The molecule has 0 aliphatic carbocycles. The summed E-state index contributed by atoms with van der Waals surface area (Å²) in [6, 6.07) is 1.90. The normalized spacial score (nSPS) is 19.7. The van der Waals surface area contributed by atoms with Crippen LogP contribution in [0.15, 0.2) is 23.2 Å². The molecule has 0 saturated heterocycles. The highest BCUT2D eigenvalue weighted by Crippen LogP contribution is 2.27. The number of urea groups is 1. The Hall–Kier alpha value is -1.98. The fourth-order valence-corrected chi connectivity index (χ4v) is 1.91. The molecular weight excluding hydrogens is 228 g/mol. The number of hydrogen-bond donors (Lipinski definition) is 1. The fourth-order valence-electron chi connectivity index (χ4n) is 1.91. The van der Waals surface area contributed by atoms with E-state index in [-0.39, 0.29) is 11.4 Å². The van der Waals surface area contributed by atoms with Crippen molar-refractivity contribution in [3.05, 3.63) is 35.4 Å². The Morgan fingerprint density at radius 2 is 1.94 bits per heavy atom. The van der Waals surface area contributed by atoms with Crippen molar-refractivity contribution in [2.45, 2.75) is 13.0 Å². The van der Waals surface area contributed by atoms with E-state index >= 15 is 0 Å². The third-order valence-corrected chi connectivity index (χ3v) is 2.60. The van der Waals surface area contributed by atoms with Crippen molar-refractivity contribution in [2.24, 2.45) is 10.7 Å². The molecule has 17 heavy (non-hydrogen) atoms. The zero-order valence-corrected chi connectivity index (χ0v) is 9.15. The van der Waals surface area contributed by atoms with Gasteiger partial charge in [0.15, 0.2) is 0 Å². The minimum Gasteiger partial charge on any atom is -0.385 e. The summed E-state index contributed by atoms with van der Waals surface area (Å²) in [4.78, 5) is 16.4. The Morgan fingerprint density at radius 3 is 2.47 bits per heavy atom. The van der Waals surface area contributed by atoms with Crippen LogP contribution in [-0.2, 0) is 0 Å². The smallest absolute Gasteiger partial charge is 0.346 e. The summed E-state index contributed by atoms with van der Waals surface area (Å²) in [5.74, 6) is -1.35. The van der Waals surface area contributed by atoms with Gasteiger partial charge in [-0.15, -0.1) is 0 Å². The van der Waals surface area contributed by atoms with Gasteiger partial charge < -0.3 is 10.6 Å². The number of carbonyl (C=O) groups excluding carboxylic acids is 1. The number of likely N-dealkylation sites (N-methyl/N-ethyl adjacent to an activating group) is 1. The first-order valence-electron chi connectivity index (χ1n) is 5.13. The first kappa shape index (κ1) is 11.5. The Balaban J connectivity index is 2.45. The van der Waals surface area contributed by atoms with Gasteiger partial charge in [0.25, 0.3) is 0 Å².